The lowest BCUT2D eigenvalue weighted by atomic mass is 9.90. The van der Waals surface area contributed by atoms with Gasteiger partial charge in [-0.05, 0) is 31.1 Å². The summed E-state index contributed by atoms with van der Waals surface area (Å²) in [4.78, 5) is 0. The molecular weight excluding hydrogens is 195 g/mol. The van der Waals surface area contributed by atoms with Gasteiger partial charge in [-0.2, -0.15) is 0 Å². The highest BCUT2D eigenvalue weighted by atomic mass is 35.5. The van der Waals surface area contributed by atoms with E-state index in [0.717, 1.165) is 19.1 Å². The summed E-state index contributed by atoms with van der Waals surface area (Å²) in [5.74, 6) is 2.68. The highest BCUT2D eigenvalue weighted by molar-refractivity contribution is 6.20. The summed E-state index contributed by atoms with van der Waals surface area (Å²) in [6, 6.07) is 0. The van der Waals surface area contributed by atoms with E-state index in [-0.39, 0.29) is 0 Å². The fourth-order valence-corrected chi connectivity index (χ4v) is 2.20. The molecule has 72 valence electrons. The molecular formula is C9H16Cl2O. The van der Waals surface area contributed by atoms with Crippen LogP contribution in [0.3, 0.4) is 0 Å². The monoisotopic (exact) mass is 210 g/mol. The SMILES string of the molecule is ClCC(CCl)CC1CCOCC1. The second-order valence-electron chi connectivity index (χ2n) is 3.47. The van der Waals surface area contributed by atoms with Crippen molar-refractivity contribution in [3.05, 3.63) is 0 Å². The van der Waals surface area contributed by atoms with E-state index in [0.29, 0.717) is 17.7 Å². The molecule has 0 spiro atoms. The second-order valence-corrected chi connectivity index (χ2v) is 4.08. The van der Waals surface area contributed by atoms with Gasteiger partial charge in [0.1, 0.15) is 0 Å². The lowest BCUT2D eigenvalue weighted by Gasteiger charge is -2.24. The molecule has 0 saturated carbocycles. The fraction of sp³-hybridized carbons (Fsp3) is 1.00. The molecule has 0 radical (unpaired) electrons. The first-order chi connectivity index (χ1) is 5.86. The summed E-state index contributed by atoms with van der Waals surface area (Å²) in [5, 5.41) is 0. The Balaban J connectivity index is 2.18. The van der Waals surface area contributed by atoms with E-state index in [1.54, 1.807) is 0 Å². The van der Waals surface area contributed by atoms with Crippen LogP contribution in [0.15, 0.2) is 0 Å². The van der Waals surface area contributed by atoms with Gasteiger partial charge in [0.05, 0.1) is 0 Å². The highest BCUT2D eigenvalue weighted by Gasteiger charge is 2.17. The lowest BCUT2D eigenvalue weighted by Crippen LogP contribution is -2.19. The van der Waals surface area contributed by atoms with Crippen molar-refractivity contribution in [2.45, 2.75) is 19.3 Å². The maximum atomic E-state index is 5.77. The summed E-state index contributed by atoms with van der Waals surface area (Å²) >= 11 is 11.5. The normalized spacial score (nSPS) is 20.2. The molecule has 1 nitrogen and oxygen atoms in total. The van der Waals surface area contributed by atoms with Gasteiger partial charge in [0, 0.05) is 25.0 Å². The number of hydrogen-bond donors (Lipinski definition) is 0. The van der Waals surface area contributed by atoms with Crippen molar-refractivity contribution in [2.75, 3.05) is 25.0 Å². The first-order valence-corrected chi connectivity index (χ1v) is 5.63. The predicted octanol–water partition coefficient (Wildman–Crippen LogP) is 2.90. The molecule has 3 heteroatoms. The number of rotatable bonds is 4. The van der Waals surface area contributed by atoms with Gasteiger partial charge >= 0.3 is 0 Å². The second kappa shape index (κ2) is 6.06. The Bertz CT molecular complexity index is 109. The fourth-order valence-electron chi connectivity index (χ4n) is 1.62. The molecule has 1 saturated heterocycles. The number of halogens is 2. The van der Waals surface area contributed by atoms with Gasteiger partial charge in [0.2, 0.25) is 0 Å². The largest absolute Gasteiger partial charge is 0.381 e. The first-order valence-electron chi connectivity index (χ1n) is 4.56. The minimum atomic E-state index is 0.497. The van der Waals surface area contributed by atoms with Crippen LogP contribution in [0, 0.1) is 11.8 Å². The van der Waals surface area contributed by atoms with E-state index in [1.807, 2.05) is 0 Å². The third-order valence-corrected chi connectivity index (χ3v) is 3.32. The zero-order chi connectivity index (χ0) is 8.81. The topological polar surface area (TPSA) is 9.23 Å². The van der Waals surface area contributed by atoms with Gasteiger partial charge in [0.25, 0.3) is 0 Å². The molecule has 0 aliphatic carbocycles. The molecule has 1 rings (SSSR count). The van der Waals surface area contributed by atoms with Gasteiger partial charge in [-0.15, -0.1) is 23.2 Å². The van der Waals surface area contributed by atoms with Gasteiger partial charge in [-0.1, -0.05) is 0 Å². The van der Waals surface area contributed by atoms with E-state index >= 15 is 0 Å². The van der Waals surface area contributed by atoms with Gasteiger partial charge in [0.15, 0.2) is 0 Å². The molecule has 0 aromatic carbocycles. The van der Waals surface area contributed by atoms with Crippen LogP contribution >= 0.6 is 23.2 Å². The molecule has 0 aromatic rings. The van der Waals surface area contributed by atoms with E-state index in [2.05, 4.69) is 0 Å². The molecule has 1 aliphatic rings. The van der Waals surface area contributed by atoms with Crippen molar-refractivity contribution < 1.29 is 4.74 Å². The van der Waals surface area contributed by atoms with Gasteiger partial charge in [-0.3, -0.25) is 0 Å². The Labute approximate surface area is 84.4 Å². The minimum Gasteiger partial charge on any atom is -0.381 e. The van der Waals surface area contributed by atoms with Gasteiger partial charge < -0.3 is 4.74 Å². The average molecular weight is 211 g/mol. The number of alkyl halides is 2. The molecule has 0 aromatic heterocycles. The lowest BCUT2D eigenvalue weighted by molar-refractivity contribution is 0.0604. The summed E-state index contributed by atoms with van der Waals surface area (Å²) in [6.07, 6.45) is 3.55. The Morgan fingerprint density at radius 2 is 1.75 bits per heavy atom. The summed E-state index contributed by atoms with van der Waals surface area (Å²) in [7, 11) is 0. The van der Waals surface area contributed by atoms with Crippen LogP contribution in [0.5, 0.6) is 0 Å². The van der Waals surface area contributed by atoms with Crippen molar-refractivity contribution in [3.63, 3.8) is 0 Å². The standard InChI is InChI=1S/C9H16Cl2O/c10-6-9(7-11)5-8-1-3-12-4-2-8/h8-9H,1-7H2. The number of ether oxygens (including phenoxy) is 1. The maximum Gasteiger partial charge on any atom is 0.0468 e. The van der Waals surface area contributed by atoms with E-state index in [4.69, 9.17) is 27.9 Å². The maximum absolute atomic E-state index is 5.77. The van der Waals surface area contributed by atoms with E-state index < -0.39 is 0 Å². The molecule has 1 aliphatic heterocycles. The molecule has 0 amide bonds. The van der Waals surface area contributed by atoms with Crippen molar-refractivity contribution in [1.82, 2.24) is 0 Å². The van der Waals surface area contributed by atoms with Crippen molar-refractivity contribution in [3.8, 4) is 0 Å². The van der Waals surface area contributed by atoms with Crippen molar-refractivity contribution >= 4 is 23.2 Å². The average Bonchev–Trinajstić information content (AvgIpc) is 2.16. The minimum absolute atomic E-state index is 0.497. The zero-order valence-electron chi connectivity index (χ0n) is 7.27. The van der Waals surface area contributed by atoms with Crippen LogP contribution in [0.25, 0.3) is 0 Å². The Morgan fingerprint density at radius 1 is 1.17 bits per heavy atom. The summed E-state index contributed by atoms with van der Waals surface area (Å²) < 4.78 is 5.28. The first kappa shape index (κ1) is 10.6. The molecule has 0 N–H and O–H groups in total. The smallest absolute Gasteiger partial charge is 0.0468 e. The third kappa shape index (κ3) is 3.51. The predicted molar refractivity (Wildman–Crippen MR) is 53.1 cm³/mol. The van der Waals surface area contributed by atoms with Gasteiger partial charge in [-0.25, -0.2) is 0 Å². The van der Waals surface area contributed by atoms with Crippen molar-refractivity contribution in [1.29, 1.82) is 0 Å². The third-order valence-electron chi connectivity index (χ3n) is 2.44. The van der Waals surface area contributed by atoms with Crippen LogP contribution in [0.4, 0.5) is 0 Å². The quantitative estimate of drug-likeness (QED) is 0.649. The van der Waals surface area contributed by atoms with Crippen LogP contribution < -0.4 is 0 Å². The molecule has 0 atom stereocenters. The Hall–Kier alpha value is 0.540. The van der Waals surface area contributed by atoms with E-state index in [9.17, 15) is 0 Å². The molecule has 12 heavy (non-hydrogen) atoms. The zero-order valence-corrected chi connectivity index (χ0v) is 8.78. The van der Waals surface area contributed by atoms with Crippen LogP contribution in [-0.2, 0) is 4.74 Å². The number of hydrogen-bond acceptors (Lipinski definition) is 1. The molecule has 0 bridgehead atoms. The van der Waals surface area contributed by atoms with Crippen LogP contribution in [-0.4, -0.2) is 25.0 Å². The summed E-state index contributed by atoms with van der Waals surface area (Å²) in [6.45, 7) is 1.84. The highest BCUT2D eigenvalue weighted by Crippen LogP contribution is 2.24. The Kier molecular flexibility index (Phi) is 5.37. The van der Waals surface area contributed by atoms with Crippen LogP contribution in [0.1, 0.15) is 19.3 Å². The van der Waals surface area contributed by atoms with Crippen molar-refractivity contribution in [2.24, 2.45) is 11.8 Å². The Morgan fingerprint density at radius 3 is 2.25 bits per heavy atom. The molecule has 0 unspecified atom stereocenters. The van der Waals surface area contributed by atoms with E-state index in [1.165, 1.54) is 19.3 Å². The molecule has 1 heterocycles. The summed E-state index contributed by atoms with van der Waals surface area (Å²) in [5.41, 5.74) is 0. The van der Waals surface area contributed by atoms with Crippen LogP contribution in [0.2, 0.25) is 0 Å². The molecule has 1 fully saturated rings.